The van der Waals surface area contributed by atoms with Gasteiger partial charge in [0.2, 0.25) is 0 Å². The van der Waals surface area contributed by atoms with E-state index in [1.54, 1.807) is 19.1 Å². The van der Waals surface area contributed by atoms with Gasteiger partial charge in [-0.25, -0.2) is 0 Å². The van der Waals surface area contributed by atoms with Gasteiger partial charge in [0.15, 0.2) is 0 Å². The van der Waals surface area contributed by atoms with Gasteiger partial charge in [-0.1, -0.05) is 67.7 Å². The van der Waals surface area contributed by atoms with Gasteiger partial charge in [-0.3, -0.25) is 0 Å². The zero-order valence-electron chi connectivity index (χ0n) is 15.0. The molecule has 0 unspecified atom stereocenters. The molecule has 0 bridgehead atoms. The van der Waals surface area contributed by atoms with Gasteiger partial charge in [-0.2, -0.15) is 0 Å². The van der Waals surface area contributed by atoms with Gasteiger partial charge in [0.05, 0.1) is 12.2 Å². The summed E-state index contributed by atoms with van der Waals surface area (Å²) < 4.78 is 0. The average molecular weight is 332 g/mol. The van der Waals surface area contributed by atoms with E-state index in [1.165, 1.54) is 0 Å². The van der Waals surface area contributed by atoms with Crippen molar-refractivity contribution in [2.75, 3.05) is 0 Å². The van der Waals surface area contributed by atoms with Gasteiger partial charge in [0.1, 0.15) is 5.78 Å². The monoisotopic (exact) mass is 332 g/mol. The first-order valence-electron chi connectivity index (χ1n) is 8.73. The molecule has 2 N–H and O–H groups in total. The number of allylic oxidation sites excluding steroid dienone is 8. The van der Waals surface area contributed by atoms with Crippen LogP contribution in [-0.4, -0.2) is 28.2 Å². The molecule has 3 heteroatoms. The molecule has 2 atom stereocenters. The molecule has 0 spiro atoms. The first-order valence-corrected chi connectivity index (χ1v) is 8.73. The van der Waals surface area contributed by atoms with Gasteiger partial charge in [0.25, 0.3) is 0 Å². The van der Waals surface area contributed by atoms with Crippen molar-refractivity contribution in [3.8, 4) is 0 Å². The lowest BCUT2D eigenvalue weighted by Gasteiger charge is -2.02. The molecular weight excluding hydrogens is 300 g/mol. The lowest BCUT2D eigenvalue weighted by atomic mass is 10.1. The number of ketones is 1. The normalized spacial score (nSPS) is 15.5. The molecule has 0 saturated heterocycles. The SMILES string of the molecule is CC[C@@H](O)/C=C/C=C\C/C=C\C/C=C\C=C\[C@@H](O)CCCC(C)=O. The largest absolute Gasteiger partial charge is 0.389 e. The third-order valence-electron chi connectivity index (χ3n) is 3.32. The van der Waals surface area contributed by atoms with Crippen molar-refractivity contribution in [2.24, 2.45) is 0 Å². The Morgan fingerprint density at radius 2 is 1.42 bits per heavy atom. The molecular formula is C21H32O3. The van der Waals surface area contributed by atoms with Crippen LogP contribution in [0.4, 0.5) is 0 Å². The van der Waals surface area contributed by atoms with Crippen molar-refractivity contribution in [1.82, 2.24) is 0 Å². The van der Waals surface area contributed by atoms with Crippen LogP contribution in [0.3, 0.4) is 0 Å². The fourth-order valence-corrected chi connectivity index (χ4v) is 1.84. The minimum absolute atomic E-state index is 0.169. The smallest absolute Gasteiger partial charge is 0.129 e. The van der Waals surface area contributed by atoms with E-state index in [2.05, 4.69) is 12.2 Å². The van der Waals surface area contributed by atoms with Crippen LogP contribution in [0.1, 0.15) is 52.4 Å². The Hall–Kier alpha value is -1.71. The third kappa shape index (κ3) is 16.7. The number of hydrogen-bond acceptors (Lipinski definition) is 3. The third-order valence-corrected chi connectivity index (χ3v) is 3.32. The summed E-state index contributed by atoms with van der Waals surface area (Å²) in [6.07, 6.45) is 22.9. The molecule has 0 amide bonds. The summed E-state index contributed by atoms with van der Waals surface area (Å²) in [4.78, 5) is 10.8. The minimum Gasteiger partial charge on any atom is -0.389 e. The highest BCUT2D eigenvalue weighted by Gasteiger charge is 1.99. The summed E-state index contributed by atoms with van der Waals surface area (Å²) in [5.74, 6) is 0.169. The lowest BCUT2D eigenvalue weighted by Crippen LogP contribution is -2.02. The molecule has 0 saturated carbocycles. The Balaban J connectivity index is 3.73. The molecule has 0 fully saturated rings. The topological polar surface area (TPSA) is 57.5 Å². The predicted octanol–water partition coefficient (Wildman–Crippen LogP) is 4.44. The van der Waals surface area contributed by atoms with Crippen molar-refractivity contribution in [1.29, 1.82) is 0 Å². The second-order valence-corrected chi connectivity index (χ2v) is 5.71. The number of hydrogen-bond donors (Lipinski definition) is 2. The summed E-state index contributed by atoms with van der Waals surface area (Å²) in [6, 6.07) is 0. The summed E-state index contributed by atoms with van der Waals surface area (Å²) in [7, 11) is 0. The van der Waals surface area contributed by atoms with Gasteiger partial charge in [-0.05, 0) is 39.0 Å². The summed E-state index contributed by atoms with van der Waals surface area (Å²) in [5.41, 5.74) is 0. The van der Waals surface area contributed by atoms with Crippen LogP contribution in [0.25, 0.3) is 0 Å². The molecule has 24 heavy (non-hydrogen) atoms. The molecule has 0 aromatic heterocycles. The van der Waals surface area contributed by atoms with Gasteiger partial charge < -0.3 is 15.0 Å². The number of rotatable bonds is 13. The second kappa shape index (κ2) is 16.2. The fraction of sp³-hybridized carbons (Fsp3) is 0.476. The molecule has 0 aliphatic carbocycles. The van der Waals surface area contributed by atoms with Gasteiger partial charge in [-0.15, -0.1) is 0 Å². The van der Waals surface area contributed by atoms with E-state index < -0.39 is 6.10 Å². The predicted molar refractivity (Wildman–Crippen MR) is 102 cm³/mol. The van der Waals surface area contributed by atoms with Crippen LogP contribution in [0.2, 0.25) is 0 Å². The van der Waals surface area contributed by atoms with E-state index in [1.807, 2.05) is 43.4 Å². The van der Waals surface area contributed by atoms with Crippen molar-refractivity contribution < 1.29 is 15.0 Å². The van der Waals surface area contributed by atoms with E-state index in [0.29, 0.717) is 12.8 Å². The number of carbonyl (C=O) groups is 1. The van der Waals surface area contributed by atoms with Crippen molar-refractivity contribution in [3.05, 3.63) is 60.8 Å². The Labute approximate surface area is 146 Å². The van der Waals surface area contributed by atoms with Crippen molar-refractivity contribution in [2.45, 2.75) is 64.6 Å². The van der Waals surface area contributed by atoms with Crippen LogP contribution in [0.15, 0.2) is 60.8 Å². The molecule has 0 aromatic carbocycles. The average Bonchev–Trinajstić information content (AvgIpc) is 2.55. The van der Waals surface area contributed by atoms with Crippen molar-refractivity contribution in [3.63, 3.8) is 0 Å². The molecule has 0 radical (unpaired) electrons. The van der Waals surface area contributed by atoms with Crippen LogP contribution in [0, 0.1) is 0 Å². The van der Waals surface area contributed by atoms with E-state index in [4.69, 9.17) is 0 Å². The summed E-state index contributed by atoms with van der Waals surface area (Å²) in [6.45, 7) is 3.52. The summed E-state index contributed by atoms with van der Waals surface area (Å²) in [5, 5.41) is 19.0. The Morgan fingerprint density at radius 1 is 0.875 bits per heavy atom. The highest BCUT2D eigenvalue weighted by Crippen LogP contribution is 2.03. The standard InChI is InChI=1S/C21H32O3/c1-3-20(23)16-12-10-8-6-4-5-7-9-11-13-17-21(24)18-14-15-19(2)22/h4-5,8-13,16-17,20-21,23-24H,3,6-7,14-15,18H2,1-2H3/b5-4-,10-8-,11-9-,16-12+,17-13+/t20-,21-/m1/s1. The Morgan fingerprint density at radius 3 is 1.92 bits per heavy atom. The minimum atomic E-state index is -0.478. The Kier molecular flexibility index (Phi) is 15.0. The maximum Gasteiger partial charge on any atom is 0.129 e. The molecule has 0 aliphatic rings. The van der Waals surface area contributed by atoms with Crippen LogP contribution >= 0.6 is 0 Å². The quantitative estimate of drug-likeness (QED) is 0.387. The Bertz CT molecular complexity index is 456. The zero-order chi connectivity index (χ0) is 18.0. The number of aliphatic hydroxyl groups excluding tert-OH is 2. The highest BCUT2D eigenvalue weighted by molar-refractivity contribution is 5.75. The van der Waals surface area contributed by atoms with Crippen molar-refractivity contribution >= 4 is 5.78 Å². The van der Waals surface area contributed by atoms with E-state index >= 15 is 0 Å². The summed E-state index contributed by atoms with van der Waals surface area (Å²) >= 11 is 0. The van der Waals surface area contributed by atoms with Crippen LogP contribution in [0.5, 0.6) is 0 Å². The van der Waals surface area contributed by atoms with E-state index in [9.17, 15) is 15.0 Å². The molecule has 0 rings (SSSR count). The second-order valence-electron chi connectivity index (χ2n) is 5.71. The highest BCUT2D eigenvalue weighted by atomic mass is 16.3. The van der Waals surface area contributed by atoms with E-state index in [-0.39, 0.29) is 11.9 Å². The molecule has 0 aliphatic heterocycles. The maximum absolute atomic E-state index is 10.8. The first-order chi connectivity index (χ1) is 11.6. The molecule has 0 heterocycles. The zero-order valence-corrected chi connectivity index (χ0v) is 15.0. The molecule has 134 valence electrons. The lowest BCUT2D eigenvalue weighted by molar-refractivity contribution is -0.117. The van der Waals surface area contributed by atoms with Crippen LogP contribution < -0.4 is 0 Å². The maximum atomic E-state index is 10.8. The van der Waals surface area contributed by atoms with Crippen LogP contribution in [-0.2, 0) is 4.79 Å². The number of aliphatic hydroxyl groups is 2. The first kappa shape index (κ1) is 22.3. The molecule has 3 nitrogen and oxygen atoms in total. The van der Waals surface area contributed by atoms with Gasteiger partial charge in [0, 0.05) is 6.42 Å². The van der Waals surface area contributed by atoms with Gasteiger partial charge >= 0.3 is 0 Å². The number of carbonyl (C=O) groups excluding carboxylic acids is 1. The van der Waals surface area contributed by atoms with E-state index in [0.717, 1.165) is 25.7 Å². The molecule has 0 aromatic rings. The fourth-order valence-electron chi connectivity index (χ4n) is 1.84. The number of Topliss-reactive ketones (excluding diaryl/α,β-unsaturated/α-hetero) is 1.